The Kier molecular flexibility index (Phi) is 11.7. The SMILES string of the molecule is I.Nc1c(I)cc([N+](=O)[O-])cc1I.O=[N+]([O-])c1cc(I)cc(I)c1. The maximum Gasteiger partial charge on any atom is 0.271 e. The summed E-state index contributed by atoms with van der Waals surface area (Å²) in [7, 11) is 0. The van der Waals surface area contributed by atoms with Crippen LogP contribution >= 0.6 is 114 Å². The zero-order chi connectivity index (χ0) is 17.7. The van der Waals surface area contributed by atoms with Gasteiger partial charge < -0.3 is 5.73 Å². The standard InChI is InChI=1S/C6H4I2N2O2.C6H3I2NO2.HI/c7-4-1-3(10(11)12)2-5(8)6(4)9;7-4-1-5(8)3-6(2-4)9(10)11;/h1-2H,9H2;1-3H;1H. The van der Waals surface area contributed by atoms with Gasteiger partial charge in [0.15, 0.2) is 0 Å². The lowest BCUT2D eigenvalue weighted by molar-refractivity contribution is -0.385. The van der Waals surface area contributed by atoms with Crippen molar-refractivity contribution >= 4 is 131 Å². The van der Waals surface area contributed by atoms with E-state index in [2.05, 4.69) is 45.2 Å². The fourth-order valence-electron chi connectivity index (χ4n) is 1.32. The summed E-state index contributed by atoms with van der Waals surface area (Å²) in [6.45, 7) is 0. The van der Waals surface area contributed by atoms with Crippen molar-refractivity contribution in [3.63, 3.8) is 0 Å². The van der Waals surface area contributed by atoms with Gasteiger partial charge in [-0.1, -0.05) is 0 Å². The molecule has 0 bridgehead atoms. The Morgan fingerprint density at radius 2 is 1.08 bits per heavy atom. The Labute approximate surface area is 208 Å². The molecule has 2 aromatic rings. The molecule has 130 valence electrons. The second-order valence-electron chi connectivity index (χ2n) is 3.96. The molecule has 0 aliphatic rings. The van der Waals surface area contributed by atoms with E-state index in [0.29, 0.717) is 12.8 Å². The number of nitrogens with zero attached hydrogens (tertiary/aromatic N) is 2. The number of benzene rings is 2. The van der Waals surface area contributed by atoms with E-state index >= 15 is 0 Å². The fraction of sp³-hybridized carbons (Fsp3) is 0. The number of anilines is 1. The molecular formula is C12H8I5N3O4. The molecule has 0 spiro atoms. The van der Waals surface area contributed by atoms with Crippen LogP contribution in [0.1, 0.15) is 0 Å². The molecule has 7 nitrogen and oxygen atoms in total. The normalized spacial score (nSPS) is 9.33. The second kappa shape index (κ2) is 11.4. The summed E-state index contributed by atoms with van der Waals surface area (Å²) in [4.78, 5) is 19.9. The quantitative estimate of drug-likeness (QED) is 0.177. The van der Waals surface area contributed by atoms with Crippen molar-refractivity contribution in [2.24, 2.45) is 0 Å². The van der Waals surface area contributed by atoms with Gasteiger partial charge in [0.1, 0.15) is 0 Å². The number of nitrogens with two attached hydrogens (primary N) is 1. The molecule has 2 N–H and O–H groups in total. The zero-order valence-electron chi connectivity index (χ0n) is 11.4. The van der Waals surface area contributed by atoms with E-state index in [4.69, 9.17) is 5.73 Å². The maximum absolute atomic E-state index is 10.4. The molecule has 0 heterocycles. The van der Waals surface area contributed by atoms with E-state index in [9.17, 15) is 20.2 Å². The first-order valence-electron chi connectivity index (χ1n) is 5.61. The predicted octanol–water partition coefficient (Wildman–Crippen LogP) is 5.81. The molecule has 0 saturated carbocycles. The summed E-state index contributed by atoms with van der Waals surface area (Å²) in [5.74, 6) is 0. The van der Waals surface area contributed by atoms with E-state index in [0.717, 1.165) is 7.14 Å². The molecule has 0 aromatic heterocycles. The predicted molar refractivity (Wildman–Crippen MR) is 137 cm³/mol. The van der Waals surface area contributed by atoms with Crippen LogP contribution in [0, 0.1) is 34.5 Å². The van der Waals surface area contributed by atoms with E-state index in [1.54, 1.807) is 12.1 Å². The van der Waals surface area contributed by atoms with Crippen LogP contribution in [0.5, 0.6) is 0 Å². The zero-order valence-corrected chi connectivity index (χ0v) is 22.4. The first-order chi connectivity index (χ1) is 10.6. The minimum atomic E-state index is -0.427. The van der Waals surface area contributed by atoms with E-state index in [1.807, 2.05) is 51.2 Å². The largest absolute Gasteiger partial charge is 0.397 e. The van der Waals surface area contributed by atoms with Crippen LogP contribution in [0.4, 0.5) is 17.1 Å². The molecule has 0 fully saturated rings. The Morgan fingerprint density at radius 3 is 1.42 bits per heavy atom. The van der Waals surface area contributed by atoms with Gasteiger partial charge in [-0.2, -0.15) is 0 Å². The van der Waals surface area contributed by atoms with Crippen LogP contribution in [0.3, 0.4) is 0 Å². The Hall–Kier alpha value is 0.690. The third-order valence-electron chi connectivity index (χ3n) is 2.33. The molecule has 0 aliphatic heterocycles. The summed E-state index contributed by atoms with van der Waals surface area (Å²) < 4.78 is 3.21. The van der Waals surface area contributed by atoms with Crippen LogP contribution < -0.4 is 5.73 Å². The fourth-order valence-corrected chi connectivity index (χ4v) is 4.96. The minimum absolute atomic E-state index is 0. The number of hydrogen-bond donors (Lipinski definition) is 1. The molecule has 0 aliphatic carbocycles. The molecule has 0 saturated heterocycles. The van der Waals surface area contributed by atoms with Crippen molar-refractivity contribution in [2.75, 3.05) is 5.73 Å². The average molecular weight is 893 g/mol. The number of rotatable bonds is 2. The molecule has 0 unspecified atom stereocenters. The monoisotopic (exact) mass is 893 g/mol. The third-order valence-corrected chi connectivity index (χ3v) is 5.36. The molecule has 2 aromatic carbocycles. The van der Waals surface area contributed by atoms with Crippen molar-refractivity contribution in [2.45, 2.75) is 0 Å². The highest BCUT2D eigenvalue weighted by atomic mass is 127. The van der Waals surface area contributed by atoms with E-state index < -0.39 is 4.92 Å². The maximum atomic E-state index is 10.4. The molecule has 12 heteroatoms. The van der Waals surface area contributed by atoms with Gasteiger partial charge in [-0.15, -0.1) is 24.0 Å². The number of nitrogen functional groups attached to an aromatic ring is 1. The smallest absolute Gasteiger partial charge is 0.271 e. The average Bonchev–Trinajstić information content (AvgIpc) is 2.43. The molecule has 2 rings (SSSR count). The van der Waals surface area contributed by atoms with E-state index in [-0.39, 0.29) is 40.3 Å². The number of hydrogen-bond acceptors (Lipinski definition) is 5. The Balaban J connectivity index is 0.000000425. The van der Waals surface area contributed by atoms with Crippen LogP contribution in [-0.2, 0) is 0 Å². The third kappa shape index (κ3) is 7.93. The lowest BCUT2D eigenvalue weighted by Crippen LogP contribution is -1.96. The van der Waals surface area contributed by atoms with Gasteiger partial charge >= 0.3 is 0 Å². The van der Waals surface area contributed by atoms with Crippen LogP contribution in [-0.4, -0.2) is 9.85 Å². The summed E-state index contributed by atoms with van der Waals surface area (Å²) in [6, 6.07) is 7.88. The van der Waals surface area contributed by atoms with Crippen molar-refractivity contribution in [3.05, 3.63) is 64.8 Å². The van der Waals surface area contributed by atoms with Crippen molar-refractivity contribution < 1.29 is 9.85 Å². The van der Waals surface area contributed by atoms with Gasteiger partial charge in [0.2, 0.25) is 0 Å². The van der Waals surface area contributed by atoms with Gasteiger partial charge in [-0.05, 0) is 96.4 Å². The van der Waals surface area contributed by atoms with Gasteiger partial charge in [0.05, 0.1) is 15.5 Å². The summed E-state index contributed by atoms with van der Waals surface area (Å²) in [6.07, 6.45) is 0. The highest BCUT2D eigenvalue weighted by Crippen LogP contribution is 2.27. The van der Waals surface area contributed by atoms with Gasteiger partial charge in [0, 0.05) is 38.5 Å². The van der Waals surface area contributed by atoms with Crippen LogP contribution in [0.2, 0.25) is 0 Å². The summed E-state index contributed by atoms with van der Waals surface area (Å²) >= 11 is 8.06. The Bertz CT molecular complexity index is 729. The number of nitro groups is 2. The summed E-state index contributed by atoms with van der Waals surface area (Å²) in [5, 5.41) is 20.7. The molecule has 0 atom stereocenters. The highest BCUT2D eigenvalue weighted by molar-refractivity contribution is 14.1. The number of non-ortho nitro benzene ring substituents is 2. The van der Waals surface area contributed by atoms with Crippen LogP contribution in [0.15, 0.2) is 30.3 Å². The van der Waals surface area contributed by atoms with Crippen molar-refractivity contribution in [1.29, 1.82) is 0 Å². The van der Waals surface area contributed by atoms with Crippen molar-refractivity contribution in [1.82, 2.24) is 0 Å². The lowest BCUT2D eigenvalue weighted by Gasteiger charge is -2.00. The molecule has 0 amide bonds. The Morgan fingerprint density at radius 1 is 0.750 bits per heavy atom. The topological polar surface area (TPSA) is 112 Å². The van der Waals surface area contributed by atoms with Crippen molar-refractivity contribution in [3.8, 4) is 0 Å². The molecular weight excluding hydrogens is 885 g/mol. The summed E-state index contributed by atoms with van der Waals surface area (Å²) in [5.41, 5.74) is 6.45. The van der Waals surface area contributed by atoms with E-state index in [1.165, 1.54) is 12.1 Å². The second-order valence-corrected chi connectivity index (χ2v) is 8.78. The minimum Gasteiger partial charge on any atom is -0.397 e. The first kappa shape index (κ1) is 24.7. The molecule has 24 heavy (non-hydrogen) atoms. The number of halogens is 5. The molecule has 0 radical (unpaired) electrons. The van der Waals surface area contributed by atoms with Gasteiger partial charge in [0.25, 0.3) is 11.4 Å². The van der Waals surface area contributed by atoms with Crippen LogP contribution in [0.25, 0.3) is 0 Å². The lowest BCUT2D eigenvalue weighted by atomic mass is 10.3. The number of nitro benzene ring substituents is 2. The first-order valence-corrected chi connectivity index (χ1v) is 9.92. The van der Waals surface area contributed by atoms with Gasteiger partial charge in [-0.3, -0.25) is 20.2 Å². The highest BCUT2D eigenvalue weighted by Gasteiger charge is 2.11. The van der Waals surface area contributed by atoms with Gasteiger partial charge in [-0.25, -0.2) is 0 Å².